The quantitative estimate of drug-likeness (QED) is 0.718. The van der Waals surface area contributed by atoms with Gasteiger partial charge in [0, 0.05) is 0 Å². The van der Waals surface area contributed by atoms with Crippen molar-refractivity contribution in [3.8, 4) is 17.2 Å². The highest BCUT2D eigenvalue weighted by molar-refractivity contribution is 5.39. The highest BCUT2D eigenvalue weighted by Gasteiger charge is 2.14. The number of methoxy groups -OCH3 is 2. The molecule has 0 bridgehead atoms. The van der Waals surface area contributed by atoms with Crippen LogP contribution in [0, 0.1) is 0 Å². The molecule has 1 unspecified atom stereocenters. The Morgan fingerprint density at radius 2 is 1.48 bits per heavy atom. The van der Waals surface area contributed by atoms with Crippen LogP contribution >= 0.6 is 0 Å². The van der Waals surface area contributed by atoms with E-state index < -0.39 is 0 Å². The molecule has 4 heteroatoms. The zero-order valence-electron chi connectivity index (χ0n) is 13.8. The molecule has 0 aliphatic rings. The molecule has 2 aromatic carbocycles. The Morgan fingerprint density at radius 1 is 0.870 bits per heavy atom. The molecule has 0 saturated carbocycles. The van der Waals surface area contributed by atoms with Gasteiger partial charge in [0.1, 0.15) is 5.75 Å². The van der Waals surface area contributed by atoms with Gasteiger partial charge in [-0.25, -0.2) is 0 Å². The standard InChI is InChI=1S/C19H25NO3/c1-21-17-10-4-3-9-16(17)15(14-20)8-7-13-23-19-12-6-5-11-18(19)22-2/h3-6,9-12,15H,7-8,13-14,20H2,1-2H3. The molecular weight excluding hydrogens is 290 g/mol. The average molecular weight is 315 g/mol. The number of hydrogen-bond acceptors (Lipinski definition) is 4. The maximum Gasteiger partial charge on any atom is 0.161 e. The molecule has 0 aromatic heterocycles. The van der Waals surface area contributed by atoms with E-state index in [4.69, 9.17) is 19.9 Å². The monoisotopic (exact) mass is 315 g/mol. The second-order valence-electron chi connectivity index (χ2n) is 5.32. The van der Waals surface area contributed by atoms with Crippen molar-refractivity contribution in [3.63, 3.8) is 0 Å². The van der Waals surface area contributed by atoms with Crippen LogP contribution in [0.2, 0.25) is 0 Å². The van der Waals surface area contributed by atoms with Crippen LogP contribution in [-0.4, -0.2) is 27.4 Å². The zero-order chi connectivity index (χ0) is 16.5. The summed E-state index contributed by atoms with van der Waals surface area (Å²) in [4.78, 5) is 0. The van der Waals surface area contributed by atoms with Crippen molar-refractivity contribution >= 4 is 0 Å². The third kappa shape index (κ3) is 4.63. The summed E-state index contributed by atoms with van der Waals surface area (Å²) < 4.78 is 16.5. The van der Waals surface area contributed by atoms with Crippen molar-refractivity contribution in [2.24, 2.45) is 5.73 Å². The Bertz CT molecular complexity index is 601. The third-order valence-corrected chi connectivity index (χ3v) is 3.89. The van der Waals surface area contributed by atoms with Gasteiger partial charge in [0.15, 0.2) is 11.5 Å². The molecule has 2 rings (SSSR count). The van der Waals surface area contributed by atoms with E-state index in [1.807, 2.05) is 42.5 Å². The lowest BCUT2D eigenvalue weighted by atomic mass is 9.93. The van der Waals surface area contributed by atoms with E-state index in [0.29, 0.717) is 13.2 Å². The number of rotatable bonds is 9. The predicted octanol–water partition coefficient (Wildman–Crippen LogP) is 3.61. The first-order chi connectivity index (χ1) is 11.3. The molecule has 23 heavy (non-hydrogen) atoms. The molecule has 0 spiro atoms. The summed E-state index contributed by atoms with van der Waals surface area (Å²) in [5.74, 6) is 2.70. The van der Waals surface area contributed by atoms with E-state index in [0.717, 1.165) is 35.7 Å². The highest BCUT2D eigenvalue weighted by Crippen LogP contribution is 2.30. The van der Waals surface area contributed by atoms with E-state index >= 15 is 0 Å². The second-order valence-corrected chi connectivity index (χ2v) is 5.32. The molecule has 0 radical (unpaired) electrons. The molecule has 0 amide bonds. The van der Waals surface area contributed by atoms with E-state index in [1.54, 1.807) is 14.2 Å². The summed E-state index contributed by atoms with van der Waals surface area (Å²) in [6.45, 7) is 1.22. The summed E-state index contributed by atoms with van der Waals surface area (Å²) in [6, 6.07) is 15.7. The van der Waals surface area contributed by atoms with Gasteiger partial charge >= 0.3 is 0 Å². The molecule has 0 heterocycles. The molecule has 0 fully saturated rings. The maximum absolute atomic E-state index is 5.95. The number of para-hydroxylation sites is 3. The van der Waals surface area contributed by atoms with Crippen molar-refractivity contribution in [2.75, 3.05) is 27.4 Å². The first-order valence-electron chi connectivity index (χ1n) is 7.89. The fourth-order valence-corrected chi connectivity index (χ4v) is 2.65. The van der Waals surface area contributed by atoms with Crippen molar-refractivity contribution in [3.05, 3.63) is 54.1 Å². The largest absolute Gasteiger partial charge is 0.496 e. The van der Waals surface area contributed by atoms with Gasteiger partial charge in [-0.1, -0.05) is 30.3 Å². The average Bonchev–Trinajstić information content (AvgIpc) is 2.62. The maximum atomic E-state index is 5.95. The fraction of sp³-hybridized carbons (Fsp3) is 0.368. The number of hydrogen-bond donors (Lipinski definition) is 1. The van der Waals surface area contributed by atoms with Crippen LogP contribution in [0.5, 0.6) is 17.2 Å². The van der Waals surface area contributed by atoms with Crippen molar-refractivity contribution in [1.29, 1.82) is 0 Å². The molecule has 2 N–H and O–H groups in total. The van der Waals surface area contributed by atoms with Gasteiger partial charge < -0.3 is 19.9 Å². The molecule has 0 saturated heterocycles. The van der Waals surface area contributed by atoms with Gasteiger partial charge in [0.25, 0.3) is 0 Å². The van der Waals surface area contributed by atoms with Crippen molar-refractivity contribution < 1.29 is 14.2 Å². The smallest absolute Gasteiger partial charge is 0.161 e. The van der Waals surface area contributed by atoms with Crippen molar-refractivity contribution in [1.82, 2.24) is 0 Å². The van der Waals surface area contributed by atoms with Crippen LogP contribution in [0.25, 0.3) is 0 Å². The van der Waals surface area contributed by atoms with Gasteiger partial charge in [-0.05, 0) is 49.1 Å². The Balaban J connectivity index is 1.89. The lowest BCUT2D eigenvalue weighted by Crippen LogP contribution is -2.14. The van der Waals surface area contributed by atoms with E-state index in [9.17, 15) is 0 Å². The van der Waals surface area contributed by atoms with Gasteiger partial charge in [-0.3, -0.25) is 0 Å². The van der Waals surface area contributed by atoms with E-state index in [1.165, 1.54) is 0 Å². The van der Waals surface area contributed by atoms with Gasteiger partial charge in [-0.15, -0.1) is 0 Å². The number of benzene rings is 2. The molecule has 124 valence electrons. The molecule has 1 atom stereocenters. The van der Waals surface area contributed by atoms with Crippen molar-refractivity contribution in [2.45, 2.75) is 18.8 Å². The van der Waals surface area contributed by atoms with Crippen LogP contribution < -0.4 is 19.9 Å². The molecule has 0 aliphatic heterocycles. The Hall–Kier alpha value is -2.20. The summed E-state index contributed by atoms with van der Waals surface area (Å²) in [5, 5.41) is 0. The van der Waals surface area contributed by atoms with Crippen LogP contribution in [0.15, 0.2) is 48.5 Å². The molecule has 4 nitrogen and oxygen atoms in total. The fourth-order valence-electron chi connectivity index (χ4n) is 2.65. The summed E-state index contributed by atoms with van der Waals surface area (Å²) in [6.07, 6.45) is 1.87. The minimum absolute atomic E-state index is 0.271. The number of ether oxygens (including phenoxy) is 3. The van der Waals surface area contributed by atoms with Gasteiger partial charge in [-0.2, -0.15) is 0 Å². The Kier molecular flexibility index (Phi) is 6.76. The van der Waals surface area contributed by atoms with Gasteiger partial charge in [0.2, 0.25) is 0 Å². The topological polar surface area (TPSA) is 53.7 Å². The SMILES string of the molecule is COc1ccccc1OCCCC(CN)c1ccccc1OC. The lowest BCUT2D eigenvalue weighted by Gasteiger charge is -2.18. The van der Waals surface area contributed by atoms with Crippen LogP contribution in [0.1, 0.15) is 24.3 Å². The van der Waals surface area contributed by atoms with E-state index in [-0.39, 0.29) is 5.92 Å². The van der Waals surface area contributed by atoms with E-state index in [2.05, 4.69) is 6.07 Å². The second kappa shape index (κ2) is 9.06. The molecular formula is C19H25NO3. The zero-order valence-corrected chi connectivity index (χ0v) is 13.8. The Morgan fingerprint density at radius 3 is 2.13 bits per heavy atom. The molecule has 0 aliphatic carbocycles. The summed E-state index contributed by atoms with van der Waals surface area (Å²) in [5.41, 5.74) is 7.11. The minimum Gasteiger partial charge on any atom is -0.496 e. The van der Waals surface area contributed by atoms with Crippen LogP contribution in [-0.2, 0) is 0 Å². The van der Waals surface area contributed by atoms with Crippen LogP contribution in [0.3, 0.4) is 0 Å². The summed E-state index contributed by atoms with van der Waals surface area (Å²) >= 11 is 0. The highest BCUT2D eigenvalue weighted by atomic mass is 16.5. The first-order valence-corrected chi connectivity index (χ1v) is 7.89. The van der Waals surface area contributed by atoms with Crippen LogP contribution in [0.4, 0.5) is 0 Å². The predicted molar refractivity (Wildman–Crippen MR) is 92.5 cm³/mol. The molecule has 2 aromatic rings. The third-order valence-electron chi connectivity index (χ3n) is 3.89. The summed E-state index contributed by atoms with van der Waals surface area (Å²) in [7, 11) is 3.34. The lowest BCUT2D eigenvalue weighted by molar-refractivity contribution is 0.282. The Labute approximate surface area is 138 Å². The van der Waals surface area contributed by atoms with Gasteiger partial charge in [0.05, 0.1) is 20.8 Å². The minimum atomic E-state index is 0.271. The normalized spacial score (nSPS) is 11.8. The first kappa shape index (κ1) is 17.2. The number of nitrogens with two attached hydrogens (primary N) is 1.